The molecule has 1 aromatic carbocycles. The van der Waals surface area contributed by atoms with Gasteiger partial charge in [0.2, 0.25) is 5.88 Å². The molecule has 0 bridgehead atoms. The number of hydrogen-bond acceptors (Lipinski definition) is 3. The highest BCUT2D eigenvalue weighted by atomic mass is 35.5. The number of pyridine rings is 1. The maximum atomic E-state index is 12.9. The van der Waals surface area contributed by atoms with Crippen molar-refractivity contribution in [1.29, 1.82) is 0 Å². The summed E-state index contributed by atoms with van der Waals surface area (Å²) in [6.07, 6.45) is -4.48. The van der Waals surface area contributed by atoms with Crippen LogP contribution in [0.15, 0.2) is 36.4 Å². The highest BCUT2D eigenvalue weighted by molar-refractivity contribution is 6.33. The van der Waals surface area contributed by atoms with Crippen molar-refractivity contribution in [1.82, 2.24) is 4.98 Å². The lowest BCUT2D eigenvalue weighted by atomic mass is 10.1. The number of nitrogens with zero attached hydrogens (tertiary/aromatic N) is 1. The number of ether oxygens (including phenoxy) is 1. The second-order valence-corrected chi connectivity index (χ2v) is 4.59. The molecule has 0 fully saturated rings. The predicted octanol–water partition coefficient (Wildman–Crippen LogP) is 4.37. The number of nitrogens with one attached hydrogen (secondary N) is 1. The molecular weight excluding hydrogens is 305 g/mol. The van der Waals surface area contributed by atoms with Gasteiger partial charge in [-0.3, -0.25) is 0 Å². The zero-order valence-corrected chi connectivity index (χ0v) is 11.8. The van der Waals surface area contributed by atoms with Crippen LogP contribution in [0, 0.1) is 0 Å². The number of aromatic nitrogens is 1. The third-order valence-corrected chi connectivity index (χ3v) is 3.07. The van der Waals surface area contributed by atoms with E-state index in [0.717, 1.165) is 6.07 Å². The Labute approximate surface area is 124 Å². The Bertz CT molecular complexity index is 632. The van der Waals surface area contributed by atoms with Crippen molar-refractivity contribution in [2.45, 2.75) is 12.7 Å². The largest absolute Gasteiger partial charge is 0.481 e. The second-order valence-electron chi connectivity index (χ2n) is 4.18. The van der Waals surface area contributed by atoms with Crippen LogP contribution in [0.5, 0.6) is 5.88 Å². The number of methoxy groups -OCH3 is 1. The quantitative estimate of drug-likeness (QED) is 0.909. The van der Waals surface area contributed by atoms with E-state index >= 15 is 0 Å². The molecule has 1 heterocycles. The topological polar surface area (TPSA) is 34.1 Å². The predicted molar refractivity (Wildman–Crippen MR) is 74.6 cm³/mol. The fourth-order valence-electron chi connectivity index (χ4n) is 1.79. The molecule has 2 rings (SSSR count). The van der Waals surface area contributed by atoms with E-state index in [1.165, 1.54) is 19.2 Å². The summed E-state index contributed by atoms with van der Waals surface area (Å²) in [5.41, 5.74) is -0.420. The number of alkyl halides is 3. The molecule has 0 saturated heterocycles. The van der Waals surface area contributed by atoms with Crippen LogP contribution in [-0.2, 0) is 12.7 Å². The summed E-state index contributed by atoms with van der Waals surface area (Å²) in [4.78, 5) is 4.12. The van der Waals surface area contributed by atoms with Gasteiger partial charge < -0.3 is 10.1 Å². The smallest absolute Gasteiger partial charge is 0.418 e. The maximum Gasteiger partial charge on any atom is 0.418 e. The summed E-state index contributed by atoms with van der Waals surface area (Å²) < 4.78 is 43.8. The third-order valence-electron chi connectivity index (χ3n) is 2.76. The lowest BCUT2D eigenvalue weighted by molar-refractivity contribution is -0.136. The molecule has 112 valence electrons. The first-order valence-corrected chi connectivity index (χ1v) is 6.39. The first kappa shape index (κ1) is 15.4. The number of rotatable bonds is 4. The Morgan fingerprint density at radius 2 is 1.90 bits per heavy atom. The minimum Gasteiger partial charge on any atom is -0.481 e. The normalized spacial score (nSPS) is 11.3. The Balaban J connectivity index is 2.23. The molecule has 0 amide bonds. The highest BCUT2D eigenvalue weighted by Crippen LogP contribution is 2.38. The van der Waals surface area contributed by atoms with Crippen molar-refractivity contribution < 1.29 is 17.9 Å². The minimum absolute atomic E-state index is 0.00715. The molecule has 0 aliphatic heterocycles. The van der Waals surface area contributed by atoms with Crippen molar-refractivity contribution >= 4 is 17.3 Å². The van der Waals surface area contributed by atoms with E-state index in [-0.39, 0.29) is 17.3 Å². The molecule has 3 nitrogen and oxygen atoms in total. The lowest BCUT2D eigenvalue weighted by Crippen LogP contribution is -2.11. The van der Waals surface area contributed by atoms with Crippen molar-refractivity contribution in [2.24, 2.45) is 0 Å². The molecule has 1 N–H and O–H groups in total. The standard InChI is InChI=1S/C14H12ClF3N2O/c1-21-12-7-2-4-9(20-12)8-19-13-10(14(16,17)18)5-3-6-11(13)15/h2-7,19H,8H2,1H3. The van der Waals surface area contributed by atoms with E-state index in [0.29, 0.717) is 11.6 Å². The zero-order valence-electron chi connectivity index (χ0n) is 11.0. The van der Waals surface area contributed by atoms with Gasteiger partial charge in [-0.15, -0.1) is 0 Å². The van der Waals surface area contributed by atoms with E-state index in [2.05, 4.69) is 10.3 Å². The monoisotopic (exact) mass is 316 g/mol. The summed E-state index contributed by atoms with van der Waals surface area (Å²) in [6.45, 7) is 0.101. The van der Waals surface area contributed by atoms with E-state index in [4.69, 9.17) is 16.3 Å². The molecule has 0 saturated carbocycles. The second kappa shape index (κ2) is 6.22. The van der Waals surface area contributed by atoms with Crippen LogP contribution in [0.1, 0.15) is 11.3 Å². The molecule has 2 aromatic rings. The van der Waals surface area contributed by atoms with Crippen molar-refractivity contribution in [3.63, 3.8) is 0 Å². The van der Waals surface area contributed by atoms with Gasteiger partial charge in [-0.1, -0.05) is 23.7 Å². The van der Waals surface area contributed by atoms with E-state index < -0.39 is 11.7 Å². The average Bonchev–Trinajstić information content (AvgIpc) is 2.45. The van der Waals surface area contributed by atoms with Crippen molar-refractivity contribution in [3.05, 3.63) is 52.7 Å². The number of anilines is 1. The molecule has 0 aliphatic carbocycles. The van der Waals surface area contributed by atoms with Gasteiger partial charge in [0.15, 0.2) is 0 Å². The van der Waals surface area contributed by atoms with Gasteiger partial charge in [0.1, 0.15) is 0 Å². The average molecular weight is 317 g/mol. The van der Waals surface area contributed by atoms with Crippen molar-refractivity contribution in [2.75, 3.05) is 12.4 Å². The number of para-hydroxylation sites is 1. The lowest BCUT2D eigenvalue weighted by Gasteiger charge is -2.15. The Hall–Kier alpha value is -1.95. The van der Waals surface area contributed by atoms with Gasteiger partial charge >= 0.3 is 6.18 Å². The molecule has 7 heteroatoms. The summed E-state index contributed by atoms with van der Waals surface area (Å²) in [5.74, 6) is 0.393. The molecular formula is C14H12ClF3N2O. The van der Waals surface area contributed by atoms with Gasteiger partial charge in [0.25, 0.3) is 0 Å². The van der Waals surface area contributed by atoms with Crippen LogP contribution in [0.4, 0.5) is 18.9 Å². The highest BCUT2D eigenvalue weighted by Gasteiger charge is 2.34. The Morgan fingerprint density at radius 3 is 2.57 bits per heavy atom. The van der Waals surface area contributed by atoms with Crippen LogP contribution in [0.2, 0.25) is 5.02 Å². The number of benzene rings is 1. The molecule has 0 atom stereocenters. The first-order valence-electron chi connectivity index (χ1n) is 6.01. The van der Waals surface area contributed by atoms with E-state index in [1.54, 1.807) is 18.2 Å². The van der Waals surface area contributed by atoms with Gasteiger partial charge in [0.05, 0.1) is 35.6 Å². The summed E-state index contributed by atoms with van der Waals surface area (Å²) in [7, 11) is 1.47. The molecule has 0 aliphatic rings. The Kier molecular flexibility index (Phi) is 4.57. The third kappa shape index (κ3) is 3.78. The Morgan fingerprint density at radius 1 is 1.19 bits per heavy atom. The zero-order chi connectivity index (χ0) is 15.5. The summed E-state index contributed by atoms with van der Waals surface area (Å²) in [5, 5.41) is 2.69. The summed E-state index contributed by atoms with van der Waals surface area (Å²) in [6, 6.07) is 8.69. The molecule has 1 aromatic heterocycles. The number of hydrogen-bond donors (Lipinski definition) is 1. The molecule has 0 spiro atoms. The summed E-state index contributed by atoms with van der Waals surface area (Å²) >= 11 is 5.85. The minimum atomic E-state index is -4.48. The maximum absolute atomic E-state index is 12.9. The van der Waals surface area contributed by atoms with Crippen LogP contribution in [0.3, 0.4) is 0 Å². The fraction of sp³-hybridized carbons (Fsp3) is 0.214. The van der Waals surface area contributed by atoms with Gasteiger partial charge in [-0.05, 0) is 18.2 Å². The molecule has 21 heavy (non-hydrogen) atoms. The van der Waals surface area contributed by atoms with Gasteiger partial charge in [-0.25, -0.2) is 4.98 Å². The fourth-order valence-corrected chi connectivity index (χ4v) is 2.03. The van der Waals surface area contributed by atoms with Gasteiger partial charge in [-0.2, -0.15) is 13.2 Å². The van der Waals surface area contributed by atoms with E-state index in [1.807, 2.05) is 0 Å². The van der Waals surface area contributed by atoms with Crippen molar-refractivity contribution in [3.8, 4) is 5.88 Å². The van der Waals surface area contributed by atoms with E-state index in [9.17, 15) is 13.2 Å². The van der Waals surface area contributed by atoms with Crippen LogP contribution < -0.4 is 10.1 Å². The number of halogens is 4. The molecule has 0 radical (unpaired) electrons. The van der Waals surface area contributed by atoms with Crippen LogP contribution in [-0.4, -0.2) is 12.1 Å². The first-order chi connectivity index (χ1) is 9.91. The van der Waals surface area contributed by atoms with Gasteiger partial charge in [0, 0.05) is 6.07 Å². The van der Waals surface area contributed by atoms with Crippen LogP contribution >= 0.6 is 11.6 Å². The SMILES string of the molecule is COc1cccc(CNc2c(Cl)cccc2C(F)(F)F)n1. The van der Waals surface area contributed by atoms with Crippen LogP contribution in [0.25, 0.3) is 0 Å². The molecule has 0 unspecified atom stereocenters.